The average Bonchev–Trinajstić information content (AvgIpc) is 2.14. The largest absolute Gasteiger partial charge is 0.359 e. The highest BCUT2D eigenvalue weighted by Crippen LogP contribution is 1.79. The molecule has 0 aromatic rings. The third-order valence-electron chi connectivity index (χ3n) is 1.56. The van der Waals surface area contributed by atoms with E-state index in [1.807, 2.05) is 0 Å². The molecule has 0 saturated heterocycles. The summed E-state index contributed by atoms with van der Waals surface area (Å²) >= 11 is 0. The van der Waals surface area contributed by atoms with E-state index in [0.29, 0.717) is 25.9 Å². The number of carbonyl (C=O) groups is 2. The molecule has 2 amide bonds. The van der Waals surface area contributed by atoms with E-state index < -0.39 is 0 Å². The van der Waals surface area contributed by atoms with Crippen LogP contribution in [-0.2, 0) is 9.59 Å². The summed E-state index contributed by atoms with van der Waals surface area (Å²) in [5, 5.41) is 7.99. The van der Waals surface area contributed by atoms with Gasteiger partial charge < -0.3 is 16.0 Å². The van der Waals surface area contributed by atoms with Crippen LogP contribution in [0.25, 0.3) is 0 Å². The molecule has 0 fully saturated rings. The van der Waals surface area contributed by atoms with Gasteiger partial charge in [0.2, 0.25) is 11.8 Å². The van der Waals surface area contributed by atoms with E-state index in [0.717, 1.165) is 0 Å². The van der Waals surface area contributed by atoms with Gasteiger partial charge in [0, 0.05) is 33.0 Å². The molecule has 0 bridgehead atoms. The molecule has 0 aliphatic rings. The van der Waals surface area contributed by atoms with Crippen molar-refractivity contribution in [1.29, 1.82) is 0 Å². The first-order chi connectivity index (χ1) is 6.20. The van der Waals surface area contributed by atoms with Crippen LogP contribution in [0.5, 0.6) is 0 Å². The van der Waals surface area contributed by atoms with E-state index in [9.17, 15) is 9.59 Å². The minimum atomic E-state index is -0.0612. The molecule has 0 aromatic heterocycles. The topological polar surface area (TPSA) is 70.2 Å². The highest BCUT2D eigenvalue weighted by Gasteiger charge is 2.01. The first-order valence-electron chi connectivity index (χ1n) is 4.32. The third-order valence-corrected chi connectivity index (χ3v) is 1.56. The predicted octanol–water partition coefficient (Wildman–Crippen LogP) is -1.15. The van der Waals surface area contributed by atoms with Crippen LogP contribution >= 0.6 is 0 Å². The van der Waals surface area contributed by atoms with Gasteiger partial charge in [-0.2, -0.15) is 0 Å². The fourth-order valence-electron chi connectivity index (χ4n) is 0.767. The summed E-state index contributed by atoms with van der Waals surface area (Å²) in [6.07, 6.45) is 0.784. The molecule has 0 radical (unpaired) electrons. The van der Waals surface area contributed by atoms with Crippen molar-refractivity contribution in [3.05, 3.63) is 0 Å². The summed E-state index contributed by atoms with van der Waals surface area (Å²) in [6.45, 7) is 1.06. The minimum Gasteiger partial charge on any atom is -0.359 e. The van der Waals surface area contributed by atoms with Crippen molar-refractivity contribution in [3.63, 3.8) is 0 Å². The van der Waals surface area contributed by atoms with Gasteiger partial charge in [-0.1, -0.05) is 0 Å². The van der Waals surface area contributed by atoms with Crippen LogP contribution in [0.2, 0.25) is 0 Å². The van der Waals surface area contributed by atoms with Gasteiger partial charge in [0.15, 0.2) is 0 Å². The first-order valence-corrected chi connectivity index (χ1v) is 4.32. The number of amides is 2. The van der Waals surface area contributed by atoms with Gasteiger partial charge in [-0.25, -0.2) is 0 Å². The second kappa shape index (κ2) is 7.54. The van der Waals surface area contributed by atoms with Crippen molar-refractivity contribution in [3.8, 4) is 0 Å². The van der Waals surface area contributed by atoms with E-state index in [4.69, 9.17) is 0 Å². The lowest BCUT2D eigenvalue weighted by atomic mass is 10.3. The molecule has 76 valence electrons. The second-order valence-corrected chi connectivity index (χ2v) is 2.63. The summed E-state index contributed by atoms with van der Waals surface area (Å²) in [6, 6.07) is 0. The van der Waals surface area contributed by atoms with Crippen molar-refractivity contribution in [2.45, 2.75) is 12.8 Å². The van der Waals surface area contributed by atoms with Crippen LogP contribution in [0.1, 0.15) is 12.8 Å². The number of carbonyl (C=O) groups excluding carboxylic acids is 2. The molecule has 0 atom stereocenters. The van der Waals surface area contributed by atoms with E-state index in [1.165, 1.54) is 0 Å². The zero-order valence-corrected chi connectivity index (χ0v) is 8.14. The molecule has 0 heterocycles. The molecule has 0 spiro atoms. The average molecular weight is 187 g/mol. The third kappa shape index (κ3) is 7.27. The maximum atomic E-state index is 11.0. The highest BCUT2D eigenvalue weighted by atomic mass is 16.2. The van der Waals surface area contributed by atoms with Gasteiger partial charge in [0.05, 0.1) is 0 Å². The smallest absolute Gasteiger partial charge is 0.221 e. The molecule has 13 heavy (non-hydrogen) atoms. The zero-order valence-electron chi connectivity index (χ0n) is 8.14. The van der Waals surface area contributed by atoms with Crippen LogP contribution in [0.3, 0.4) is 0 Å². The lowest BCUT2D eigenvalue weighted by molar-refractivity contribution is -0.122. The van der Waals surface area contributed by atoms with E-state index >= 15 is 0 Å². The fourth-order valence-corrected chi connectivity index (χ4v) is 0.767. The number of hydrogen-bond donors (Lipinski definition) is 3. The monoisotopic (exact) mass is 187 g/mol. The Morgan fingerprint density at radius 2 is 1.62 bits per heavy atom. The highest BCUT2D eigenvalue weighted by molar-refractivity contribution is 5.78. The second-order valence-electron chi connectivity index (χ2n) is 2.63. The molecule has 0 unspecified atom stereocenters. The van der Waals surface area contributed by atoms with Gasteiger partial charge in [-0.05, 0) is 7.05 Å². The van der Waals surface area contributed by atoms with Crippen LogP contribution in [-0.4, -0.2) is 39.0 Å². The van der Waals surface area contributed by atoms with Gasteiger partial charge in [0.25, 0.3) is 0 Å². The first kappa shape index (κ1) is 11.9. The Hall–Kier alpha value is -1.10. The van der Waals surface area contributed by atoms with Crippen molar-refractivity contribution in [2.24, 2.45) is 0 Å². The van der Waals surface area contributed by atoms with Crippen molar-refractivity contribution in [1.82, 2.24) is 16.0 Å². The summed E-state index contributed by atoms with van der Waals surface area (Å²) in [7, 11) is 3.36. The van der Waals surface area contributed by atoms with Crippen LogP contribution in [0, 0.1) is 0 Å². The molecule has 0 saturated carbocycles. The maximum absolute atomic E-state index is 11.0. The fraction of sp³-hybridized carbons (Fsp3) is 0.750. The van der Waals surface area contributed by atoms with Crippen LogP contribution in [0.15, 0.2) is 0 Å². The molecule has 0 aliphatic carbocycles. The Morgan fingerprint density at radius 1 is 1.00 bits per heavy atom. The molecule has 3 N–H and O–H groups in total. The Bertz CT molecular complexity index is 171. The van der Waals surface area contributed by atoms with E-state index in [-0.39, 0.29) is 11.8 Å². The lowest BCUT2D eigenvalue weighted by Gasteiger charge is -2.03. The number of nitrogens with one attached hydrogen (secondary N) is 3. The quantitative estimate of drug-likeness (QED) is 0.491. The summed E-state index contributed by atoms with van der Waals surface area (Å²) in [4.78, 5) is 21.7. The van der Waals surface area contributed by atoms with Gasteiger partial charge in [0.1, 0.15) is 0 Å². The molecule has 0 rings (SSSR count). The number of rotatable bonds is 6. The molecular formula is C8H17N3O2. The molecule has 5 nitrogen and oxygen atoms in total. The SMILES string of the molecule is CNCCC(=O)NCCC(=O)NC. The van der Waals surface area contributed by atoms with Gasteiger partial charge >= 0.3 is 0 Å². The normalized spacial score (nSPS) is 9.38. The van der Waals surface area contributed by atoms with Crippen molar-refractivity contribution >= 4 is 11.8 Å². The standard InChI is InChI=1S/C8H17N3O2/c1-9-5-3-8(13)11-6-4-7(12)10-2/h9H,3-6H2,1-2H3,(H,10,12)(H,11,13). The summed E-state index contributed by atoms with van der Waals surface area (Å²) in [5.74, 6) is -0.0906. The van der Waals surface area contributed by atoms with Crippen molar-refractivity contribution < 1.29 is 9.59 Å². The summed E-state index contributed by atoms with van der Waals surface area (Å²) < 4.78 is 0. The maximum Gasteiger partial charge on any atom is 0.221 e. The Labute approximate surface area is 78.3 Å². The number of hydrogen-bond acceptors (Lipinski definition) is 3. The molecular weight excluding hydrogens is 170 g/mol. The van der Waals surface area contributed by atoms with Crippen molar-refractivity contribution in [2.75, 3.05) is 27.2 Å². The summed E-state index contributed by atoms with van der Waals surface area (Å²) in [5.41, 5.74) is 0. The van der Waals surface area contributed by atoms with Gasteiger partial charge in [-0.3, -0.25) is 9.59 Å². The van der Waals surface area contributed by atoms with Crippen LogP contribution < -0.4 is 16.0 Å². The Morgan fingerprint density at radius 3 is 2.15 bits per heavy atom. The molecule has 5 heteroatoms. The van der Waals surface area contributed by atoms with Gasteiger partial charge in [-0.15, -0.1) is 0 Å². The predicted molar refractivity (Wildman–Crippen MR) is 50.2 cm³/mol. The van der Waals surface area contributed by atoms with E-state index in [1.54, 1.807) is 14.1 Å². The molecule has 0 aliphatic heterocycles. The zero-order chi connectivity index (χ0) is 10.1. The Kier molecular flexibility index (Phi) is 6.91. The minimum absolute atomic E-state index is 0.0294. The van der Waals surface area contributed by atoms with E-state index in [2.05, 4.69) is 16.0 Å². The van der Waals surface area contributed by atoms with Crippen LogP contribution in [0.4, 0.5) is 0 Å². The lowest BCUT2D eigenvalue weighted by Crippen LogP contribution is -2.30. The molecule has 0 aromatic carbocycles. The Balaban J connectivity index is 3.31.